The molecule has 1 saturated heterocycles. The first-order chi connectivity index (χ1) is 12.5. The molecule has 26 heavy (non-hydrogen) atoms. The van der Waals surface area contributed by atoms with Crippen LogP contribution >= 0.6 is 23.4 Å². The molecule has 2 aromatic rings. The van der Waals surface area contributed by atoms with E-state index in [2.05, 4.69) is 15.5 Å². The van der Waals surface area contributed by atoms with Crippen molar-refractivity contribution in [3.05, 3.63) is 41.2 Å². The van der Waals surface area contributed by atoms with Crippen molar-refractivity contribution in [2.75, 3.05) is 18.8 Å². The molecule has 2 amide bonds. The van der Waals surface area contributed by atoms with Gasteiger partial charge in [-0.3, -0.25) is 9.59 Å². The molecule has 1 fully saturated rings. The zero-order valence-corrected chi connectivity index (χ0v) is 16.0. The van der Waals surface area contributed by atoms with Crippen molar-refractivity contribution in [2.45, 2.75) is 24.0 Å². The van der Waals surface area contributed by atoms with Gasteiger partial charge in [0.25, 0.3) is 0 Å². The average Bonchev–Trinajstić information content (AvgIpc) is 3.16. The number of thioether (sulfide) groups is 1. The number of rotatable bonds is 7. The molecule has 1 aromatic carbocycles. The van der Waals surface area contributed by atoms with Crippen LogP contribution < -0.4 is 5.32 Å². The smallest absolute Gasteiger partial charge is 0.230 e. The van der Waals surface area contributed by atoms with E-state index in [0.717, 1.165) is 12.0 Å². The monoisotopic (exact) mass is 393 g/mol. The van der Waals surface area contributed by atoms with Gasteiger partial charge in [0, 0.05) is 31.6 Å². The van der Waals surface area contributed by atoms with Crippen LogP contribution in [0.15, 0.2) is 35.7 Å². The molecule has 1 atom stereocenters. The largest absolute Gasteiger partial charge is 0.350 e. The second-order valence-corrected chi connectivity index (χ2v) is 7.58. The molecule has 9 heteroatoms. The SMILES string of the molecule is Cn1cnnc1SCC(=O)N[C@H]1CC(=O)N(CCc2cccc(Cl)c2)C1. The number of aryl methyl sites for hydroxylation is 1. The summed E-state index contributed by atoms with van der Waals surface area (Å²) in [6, 6.07) is 7.49. The van der Waals surface area contributed by atoms with Crippen molar-refractivity contribution >= 4 is 35.2 Å². The Balaban J connectivity index is 1.43. The Bertz CT molecular complexity index is 797. The van der Waals surface area contributed by atoms with Gasteiger partial charge in [0.2, 0.25) is 11.8 Å². The standard InChI is InChI=1S/C17H20ClN5O2S/c1-22-11-19-21-17(22)26-10-15(24)20-14-8-16(25)23(9-14)6-5-12-3-2-4-13(18)7-12/h2-4,7,11,14H,5-6,8-10H2,1H3,(H,20,24)/t14-/m0/s1. The van der Waals surface area contributed by atoms with Crippen molar-refractivity contribution < 1.29 is 9.59 Å². The van der Waals surface area contributed by atoms with Gasteiger partial charge in [-0.1, -0.05) is 35.5 Å². The molecule has 138 valence electrons. The fourth-order valence-corrected chi connectivity index (χ4v) is 3.76. The number of aromatic nitrogens is 3. The van der Waals surface area contributed by atoms with Crippen LogP contribution in [0.25, 0.3) is 0 Å². The molecule has 0 radical (unpaired) electrons. The molecule has 1 aromatic heterocycles. The minimum Gasteiger partial charge on any atom is -0.350 e. The van der Waals surface area contributed by atoms with Crippen LogP contribution in [0, 0.1) is 0 Å². The Morgan fingerprint density at radius 1 is 1.46 bits per heavy atom. The summed E-state index contributed by atoms with van der Waals surface area (Å²) in [7, 11) is 1.83. The van der Waals surface area contributed by atoms with Gasteiger partial charge in [-0.15, -0.1) is 10.2 Å². The number of likely N-dealkylation sites (tertiary alicyclic amines) is 1. The second-order valence-electron chi connectivity index (χ2n) is 6.20. The lowest BCUT2D eigenvalue weighted by Gasteiger charge is -2.17. The average molecular weight is 394 g/mol. The number of carbonyl (C=O) groups is 2. The number of nitrogens with zero attached hydrogens (tertiary/aromatic N) is 4. The number of halogens is 1. The van der Waals surface area contributed by atoms with E-state index >= 15 is 0 Å². The normalized spacial score (nSPS) is 16.9. The minimum atomic E-state index is -0.144. The predicted octanol–water partition coefficient (Wildman–Crippen LogP) is 1.52. The maximum Gasteiger partial charge on any atom is 0.230 e. The van der Waals surface area contributed by atoms with Crippen LogP contribution in [0.2, 0.25) is 5.02 Å². The van der Waals surface area contributed by atoms with Gasteiger partial charge in [-0.05, 0) is 24.1 Å². The van der Waals surface area contributed by atoms with Crippen LogP contribution in [0.3, 0.4) is 0 Å². The van der Waals surface area contributed by atoms with Gasteiger partial charge in [0.15, 0.2) is 5.16 Å². The second kappa shape index (κ2) is 8.55. The van der Waals surface area contributed by atoms with Gasteiger partial charge in [-0.2, -0.15) is 0 Å². The lowest BCUT2D eigenvalue weighted by molar-refractivity contribution is -0.127. The molecule has 7 nitrogen and oxygen atoms in total. The van der Waals surface area contributed by atoms with E-state index in [9.17, 15) is 9.59 Å². The number of hydrogen-bond acceptors (Lipinski definition) is 5. The van der Waals surface area contributed by atoms with Gasteiger partial charge >= 0.3 is 0 Å². The summed E-state index contributed by atoms with van der Waals surface area (Å²) in [6.07, 6.45) is 2.68. The molecule has 1 aliphatic heterocycles. The third kappa shape index (κ3) is 4.98. The van der Waals surface area contributed by atoms with E-state index in [0.29, 0.717) is 29.7 Å². The van der Waals surface area contributed by atoms with Crippen LogP contribution in [-0.2, 0) is 23.1 Å². The van der Waals surface area contributed by atoms with Gasteiger partial charge in [0.05, 0.1) is 11.8 Å². The first kappa shape index (κ1) is 18.7. The first-order valence-electron chi connectivity index (χ1n) is 8.29. The molecule has 0 spiro atoms. The maximum absolute atomic E-state index is 12.2. The molecule has 1 N–H and O–H groups in total. The number of benzene rings is 1. The van der Waals surface area contributed by atoms with Crippen LogP contribution in [0.4, 0.5) is 0 Å². The number of amides is 2. The molecule has 0 saturated carbocycles. The van der Waals surface area contributed by atoms with Crippen molar-refractivity contribution in [2.24, 2.45) is 7.05 Å². The summed E-state index contributed by atoms with van der Waals surface area (Å²) >= 11 is 7.31. The number of hydrogen-bond donors (Lipinski definition) is 1. The van der Waals surface area contributed by atoms with E-state index in [1.54, 1.807) is 15.8 Å². The molecule has 0 aliphatic carbocycles. The van der Waals surface area contributed by atoms with Crippen molar-refractivity contribution in [3.8, 4) is 0 Å². The molecule has 0 unspecified atom stereocenters. The fraction of sp³-hybridized carbons (Fsp3) is 0.412. The van der Waals surface area contributed by atoms with Crippen molar-refractivity contribution in [1.29, 1.82) is 0 Å². The van der Waals surface area contributed by atoms with Gasteiger partial charge in [0.1, 0.15) is 6.33 Å². The van der Waals surface area contributed by atoms with E-state index in [-0.39, 0.29) is 23.6 Å². The molecular weight excluding hydrogens is 374 g/mol. The quantitative estimate of drug-likeness (QED) is 0.721. The Labute approximate surface area is 161 Å². The summed E-state index contributed by atoms with van der Waals surface area (Å²) in [5, 5.41) is 12.0. The highest BCUT2D eigenvalue weighted by molar-refractivity contribution is 7.99. The van der Waals surface area contributed by atoms with E-state index in [1.165, 1.54) is 11.8 Å². The van der Waals surface area contributed by atoms with Crippen molar-refractivity contribution in [1.82, 2.24) is 25.0 Å². The highest BCUT2D eigenvalue weighted by Gasteiger charge is 2.30. The molecule has 2 heterocycles. The Morgan fingerprint density at radius 2 is 2.31 bits per heavy atom. The van der Waals surface area contributed by atoms with Crippen LogP contribution in [0.1, 0.15) is 12.0 Å². The third-order valence-electron chi connectivity index (χ3n) is 4.14. The van der Waals surface area contributed by atoms with Crippen LogP contribution in [-0.4, -0.2) is 56.4 Å². The topological polar surface area (TPSA) is 80.1 Å². The predicted molar refractivity (Wildman–Crippen MR) is 100 cm³/mol. The van der Waals surface area contributed by atoms with Gasteiger partial charge < -0.3 is 14.8 Å². The lowest BCUT2D eigenvalue weighted by Crippen LogP contribution is -2.38. The maximum atomic E-state index is 12.2. The highest BCUT2D eigenvalue weighted by Crippen LogP contribution is 2.16. The summed E-state index contributed by atoms with van der Waals surface area (Å²) in [4.78, 5) is 26.1. The minimum absolute atomic E-state index is 0.0679. The zero-order valence-electron chi connectivity index (χ0n) is 14.4. The van der Waals surface area contributed by atoms with Crippen LogP contribution in [0.5, 0.6) is 0 Å². The number of nitrogens with one attached hydrogen (secondary N) is 1. The van der Waals surface area contributed by atoms with E-state index < -0.39 is 0 Å². The zero-order chi connectivity index (χ0) is 18.5. The highest BCUT2D eigenvalue weighted by atomic mass is 35.5. The Kier molecular flexibility index (Phi) is 6.16. The lowest BCUT2D eigenvalue weighted by atomic mass is 10.1. The Morgan fingerprint density at radius 3 is 3.04 bits per heavy atom. The van der Waals surface area contributed by atoms with E-state index in [1.807, 2.05) is 31.3 Å². The molecule has 3 rings (SSSR count). The molecule has 0 bridgehead atoms. The third-order valence-corrected chi connectivity index (χ3v) is 5.41. The Hall–Kier alpha value is -2.06. The van der Waals surface area contributed by atoms with Crippen molar-refractivity contribution in [3.63, 3.8) is 0 Å². The summed E-state index contributed by atoms with van der Waals surface area (Å²) in [5.74, 6) is 0.213. The molecule has 1 aliphatic rings. The number of carbonyl (C=O) groups excluding carboxylic acids is 2. The first-order valence-corrected chi connectivity index (χ1v) is 9.66. The molecular formula is C17H20ClN5O2S. The summed E-state index contributed by atoms with van der Waals surface area (Å²) < 4.78 is 1.76. The van der Waals surface area contributed by atoms with Gasteiger partial charge in [-0.25, -0.2) is 0 Å². The fourth-order valence-electron chi connectivity index (χ4n) is 2.84. The summed E-state index contributed by atoms with van der Waals surface area (Å²) in [6.45, 7) is 1.17. The van der Waals surface area contributed by atoms with E-state index in [4.69, 9.17) is 11.6 Å². The summed E-state index contributed by atoms with van der Waals surface area (Å²) in [5.41, 5.74) is 1.10.